The molecule has 0 radical (unpaired) electrons. The molecule has 0 aromatic heterocycles. The Morgan fingerprint density at radius 3 is 2.25 bits per heavy atom. The third-order valence-corrected chi connectivity index (χ3v) is 3.44. The molecular formula is C18H32N2. The molecule has 0 heterocycles. The first kappa shape index (κ1) is 17.2. The second kappa shape index (κ2) is 8.43. The molecule has 0 saturated heterocycles. The third kappa shape index (κ3) is 7.66. The van der Waals surface area contributed by atoms with Crippen molar-refractivity contribution in [1.29, 1.82) is 0 Å². The number of hydrogen-bond donors (Lipinski definition) is 1. The van der Waals surface area contributed by atoms with Crippen LogP contribution in [0.5, 0.6) is 0 Å². The molecule has 2 nitrogen and oxygen atoms in total. The lowest BCUT2D eigenvalue weighted by molar-refractivity contribution is 0.308. The molecular weight excluding hydrogens is 244 g/mol. The van der Waals surface area contributed by atoms with E-state index in [0.29, 0.717) is 11.5 Å². The van der Waals surface area contributed by atoms with E-state index in [1.807, 2.05) is 0 Å². The number of nitrogens with zero attached hydrogens (tertiary/aromatic N) is 1. The van der Waals surface area contributed by atoms with Crippen molar-refractivity contribution < 1.29 is 0 Å². The van der Waals surface area contributed by atoms with Crippen molar-refractivity contribution in [2.45, 2.75) is 46.1 Å². The van der Waals surface area contributed by atoms with E-state index in [2.05, 4.69) is 75.4 Å². The summed E-state index contributed by atoms with van der Waals surface area (Å²) >= 11 is 0. The third-order valence-electron chi connectivity index (χ3n) is 3.44. The fourth-order valence-electron chi connectivity index (χ4n) is 2.43. The van der Waals surface area contributed by atoms with Gasteiger partial charge in [-0.1, -0.05) is 51.1 Å². The Labute approximate surface area is 125 Å². The second-order valence-electron chi connectivity index (χ2n) is 7.19. The number of unbranched alkanes of at least 4 members (excludes halogenated alkanes) is 1. The van der Waals surface area contributed by atoms with Crippen LogP contribution in [0.1, 0.15) is 51.6 Å². The van der Waals surface area contributed by atoms with Crippen molar-refractivity contribution in [1.82, 2.24) is 10.2 Å². The van der Waals surface area contributed by atoms with Crippen LogP contribution in [-0.2, 0) is 0 Å². The van der Waals surface area contributed by atoms with Crippen LogP contribution in [0.4, 0.5) is 0 Å². The zero-order valence-corrected chi connectivity index (χ0v) is 13.9. The highest BCUT2D eigenvalue weighted by molar-refractivity contribution is 5.19. The summed E-state index contributed by atoms with van der Waals surface area (Å²) in [6.45, 7) is 9.23. The van der Waals surface area contributed by atoms with Gasteiger partial charge < -0.3 is 10.2 Å². The molecule has 0 aliphatic rings. The summed E-state index contributed by atoms with van der Waals surface area (Å²) in [6, 6.07) is 11.3. The van der Waals surface area contributed by atoms with Crippen LogP contribution in [0.25, 0.3) is 0 Å². The average molecular weight is 276 g/mol. The Kier molecular flexibility index (Phi) is 7.25. The van der Waals surface area contributed by atoms with Crippen molar-refractivity contribution >= 4 is 0 Å². The van der Waals surface area contributed by atoms with E-state index in [4.69, 9.17) is 0 Å². The lowest BCUT2D eigenvalue weighted by Gasteiger charge is -2.27. The van der Waals surface area contributed by atoms with E-state index in [-0.39, 0.29) is 0 Å². The number of rotatable bonds is 8. The Balaban J connectivity index is 2.47. The minimum atomic E-state index is 0.344. The maximum Gasteiger partial charge on any atom is 0.0325 e. The van der Waals surface area contributed by atoms with Gasteiger partial charge in [-0.05, 0) is 57.4 Å². The van der Waals surface area contributed by atoms with Crippen molar-refractivity contribution in [3.05, 3.63) is 35.9 Å². The first-order chi connectivity index (χ1) is 9.38. The highest BCUT2D eigenvalue weighted by Crippen LogP contribution is 2.29. The topological polar surface area (TPSA) is 15.3 Å². The van der Waals surface area contributed by atoms with Crippen molar-refractivity contribution in [2.75, 3.05) is 27.2 Å². The van der Waals surface area contributed by atoms with Crippen LogP contribution in [-0.4, -0.2) is 32.1 Å². The van der Waals surface area contributed by atoms with Crippen LogP contribution in [0.2, 0.25) is 0 Å². The number of nitrogens with one attached hydrogen (secondary N) is 1. The minimum absolute atomic E-state index is 0.344. The summed E-state index contributed by atoms with van der Waals surface area (Å²) in [6.07, 6.45) is 3.67. The average Bonchev–Trinajstić information content (AvgIpc) is 2.36. The number of hydrogen-bond acceptors (Lipinski definition) is 2. The van der Waals surface area contributed by atoms with Crippen molar-refractivity contribution in [3.8, 4) is 0 Å². The first-order valence-corrected chi connectivity index (χ1v) is 7.81. The predicted molar refractivity (Wildman–Crippen MR) is 89.0 cm³/mol. The Morgan fingerprint density at radius 1 is 1.05 bits per heavy atom. The molecule has 2 heteroatoms. The largest absolute Gasteiger partial charge is 0.310 e. The smallest absolute Gasteiger partial charge is 0.0325 e. The van der Waals surface area contributed by atoms with Gasteiger partial charge in [0.25, 0.3) is 0 Å². The Hall–Kier alpha value is -0.860. The summed E-state index contributed by atoms with van der Waals surface area (Å²) in [4.78, 5) is 2.25. The molecule has 0 bridgehead atoms. The molecule has 0 saturated carbocycles. The van der Waals surface area contributed by atoms with Crippen LogP contribution >= 0.6 is 0 Å². The minimum Gasteiger partial charge on any atom is -0.310 e. The number of benzene rings is 1. The molecule has 0 aliphatic heterocycles. The molecule has 0 amide bonds. The molecule has 0 spiro atoms. The van der Waals surface area contributed by atoms with Gasteiger partial charge in [-0.2, -0.15) is 0 Å². The predicted octanol–water partition coefficient (Wildman–Crippen LogP) is 4.10. The monoisotopic (exact) mass is 276 g/mol. The molecule has 1 rings (SSSR count). The molecule has 20 heavy (non-hydrogen) atoms. The molecule has 0 aliphatic carbocycles. The molecule has 1 unspecified atom stereocenters. The molecule has 1 N–H and O–H groups in total. The SMILES string of the molecule is CN(C)CCCCNC(CC(C)(C)C)c1ccccc1. The van der Waals surface area contributed by atoms with Gasteiger partial charge in [-0.15, -0.1) is 0 Å². The lowest BCUT2D eigenvalue weighted by Crippen LogP contribution is -2.27. The summed E-state index contributed by atoms with van der Waals surface area (Å²) in [7, 11) is 4.28. The normalized spacial score (nSPS) is 13.7. The highest BCUT2D eigenvalue weighted by atomic mass is 15.0. The van der Waals surface area contributed by atoms with E-state index in [0.717, 1.165) is 6.54 Å². The molecule has 1 atom stereocenters. The Morgan fingerprint density at radius 2 is 1.70 bits per heavy atom. The summed E-state index contributed by atoms with van der Waals surface area (Å²) < 4.78 is 0. The van der Waals surface area contributed by atoms with Gasteiger partial charge in [0.05, 0.1) is 0 Å². The van der Waals surface area contributed by atoms with Gasteiger partial charge in [0.2, 0.25) is 0 Å². The van der Waals surface area contributed by atoms with Crippen LogP contribution in [0, 0.1) is 5.41 Å². The van der Waals surface area contributed by atoms with Gasteiger partial charge in [-0.3, -0.25) is 0 Å². The van der Waals surface area contributed by atoms with Gasteiger partial charge >= 0.3 is 0 Å². The van der Waals surface area contributed by atoms with Gasteiger partial charge in [-0.25, -0.2) is 0 Å². The Bertz CT molecular complexity index is 351. The van der Waals surface area contributed by atoms with Gasteiger partial charge in [0.1, 0.15) is 0 Å². The quantitative estimate of drug-likeness (QED) is 0.719. The second-order valence-corrected chi connectivity index (χ2v) is 7.19. The van der Waals surface area contributed by atoms with E-state index in [9.17, 15) is 0 Å². The van der Waals surface area contributed by atoms with Gasteiger partial charge in [0.15, 0.2) is 0 Å². The van der Waals surface area contributed by atoms with E-state index < -0.39 is 0 Å². The van der Waals surface area contributed by atoms with E-state index >= 15 is 0 Å². The molecule has 1 aromatic carbocycles. The van der Waals surface area contributed by atoms with Crippen LogP contribution in [0.3, 0.4) is 0 Å². The zero-order valence-electron chi connectivity index (χ0n) is 13.9. The molecule has 0 fully saturated rings. The zero-order chi connectivity index (χ0) is 15.0. The first-order valence-electron chi connectivity index (χ1n) is 7.81. The van der Waals surface area contributed by atoms with E-state index in [1.165, 1.54) is 31.4 Å². The summed E-state index contributed by atoms with van der Waals surface area (Å²) in [5.74, 6) is 0. The van der Waals surface area contributed by atoms with Crippen LogP contribution < -0.4 is 5.32 Å². The van der Waals surface area contributed by atoms with E-state index in [1.54, 1.807) is 0 Å². The fraction of sp³-hybridized carbons (Fsp3) is 0.667. The highest BCUT2D eigenvalue weighted by Gasteiger charge is 2.19. The van der Waals surface area contributed by atoms with Crippen LogP contribution in [0.15, 0.2) is 30.3 Å². The summed E-state index contributed by atoms with van der Waals surface area (Å²) in [5.41, 5.74) is 1.76. The maximum absolute atomic E-state index is 3.75. The summed E-state index contributed by atoms with van der Waals surface area (Å²) in [5, 5.41) is 3.75. The van der Waals surface area contributed by atoms with Crippen molar-refractivity contribution in [3.63, 3.8) is 0 Å². The molecule has 1 aromatic rings. The fourth-order valence-corrected chi connectivity index (χ4v) is 2.43. The molecule has 114 valence electrons. The standard InChI is InChI=1S/C18H32N2/c1-18(2,3)15-17(16-11-7-6-8-12-16)19-13-9-10-14-20(4)5/h6-8,11-12,17,19H,9-10,13-15H2,1-5H3. The van der Waals surface area contributed by atoms with Gasteiger partial charge in [0, 0.05) is 6.04 Å². The van der Waals surface area contributed by atoms with Crippen molar-refractivity contribution in [2.24, 2.45) is 5.41 Å². The lowest BCUT2D eigenvalue weighted by atomic mass is 9.85. The maximum atomic E-state index is 3.75.